The number of carbonyl (C=O) groups excluding carboxylic acids is 3. The van der Waals surface area contributed by atoms with Gasteiger partial charge < -0.3 is 15.4 Å². The molecule has 1 saturated carbocycles. The van der Waals surface area contributed by atoms with Crippen molar-refractivity contribution in [3.63, 3.8) is 0 Å². The third-order valence-electron chi connectivity index (χ3n) is 6.49. The number of nitrogens with one attached hydrogen (secondary N) is 2. The average molecular weight is 462 g/mol. The number of hydrogen-bond acceptors (Lipinski definition) is 6. The zero-order valence-corrected chi connectivity index (χ0v) is 18.9. The Labute approximate surface area is 196 Å². The van der Waals surface area contributed by atoms with Gasteiger partial charge >= 0.3 is 5.97 Å². The van der Waals surface area contributed by atoms with E-state index in [-0.39, 0.29) is 36.2 Å². The number of carbonyl (C=O) groups is 3. The van der Waals surface area contributed by atoms with Crippen LogP contribution in [0, 0.1) is 5.92 Å². The number of rotatable bonds is 6. The van der Waals surface area contributed by atoms with Crippen LogP contribution in [0.25, 0.3) is 5.65 Å². The molecule has 0 unspecified atom stereocenters. The van der Waals surface area contributed by atoms with E-state index in [0.717, 1.165) is 24.0 Å². The molecular formula is C25H27N5O4. The molecule has 0 radical (unpaired) electrons. The molecule has 0 spiro atoms. The Balaban J connectivity index is 1.28. The monoisotopic (exact) mass is 461 g/mol. The molecule has 2 amide bonds. The minimum absolute atomic E-state index is 0.146. The molecule has 3 heterocycles. The van der Waals surface area contributed by atoms with Gasteiger partial charge in [0.2, 0.25) is 0 Å². The molecule has 9 nitrogen and oxygen atoms in total. The van der Waals surface area contributed by atoms with E-state index < -0.39 is 5.91 Å². The molecule has 0 saturated heterocycles. The van der Waals surface area contributed by atoms with Crippen LogP contribution in [0.15, 0.2) is 36.5 Å². The number of benzene rings is 1. The molecular weight excluding hydrogens is 434 g/mol. The van der Waals surface area contributed by atoms with Gasteiger partial charge in [-0.1, -0.05) is 31.7 Å². The van der Waals surface area contributed by atoms with Crippen molar-refractivity contribution in [2.75, 3.05) is 6.54 Å². The normalized spacial score (nSPS) is 16.1. The predicted octanol–water partition coefficient (Wildman–Crippen LogP) is 2.82. The van der Waals surface area contributed by atoms with Crippen molar-refractivity contribution in [2.45, 2.75) is 51.5 Å². The van der Waals surface area contributed by atoms with E-state index in [0.29, 0.717) is 23.9 Å². The summed E-state index contributed by atoms with van der Waals surface area (Å²) in [7, 11) is 0. The number of fused-ring (bicyclic) bond motifs is 2. The van der Waals surface area contributed by atoms with Crippen LogP contribution in [0.4, 0.5) is 0 Å². The molecule has 0 atom stereocenters. The molecule has 34 heavy (non-hydrogen) atoms. The Kier molecular flexibility index (Phi) is 6.24. The molecule has 5 rings (SSSR count). The Morgan fingerprint density at radius 1 is 1.03 bits per heavy atom. The number of ether oxygens (including phenoxy) is 1. The lowest BCUT2D eigenvalue weighted by atomic mass is 10.0. The maximum atomic E-state index is 13.0. The summed E-state index contributed by atoms with van der Waals surface area (Å²) in [6.07, 6.45) is 8.98. The van der Waals surface area contributed by atoms with Crippen LogP contribution >= 0.6 is 0 Å². The van der Waals surface area contributed by atoms with Crippen LogP contribution in [0.5, 0.6) is 5.75 Å². The van der Waals surface area contributed by atoms with E-state index in [1.807, 2.05) is 6.07 Å². The van der Waals surface area contributed by atoms with Gasteiger partial charge in [0.25, 0.3) is 11.8 Å². The van der Waals surface area contributed by atoms with Crippen LogP contribution in [0.3, 0.4) is 0 Å². The molecule has 2 aromatic heterocycles. The molecule has 0 bridgehead atoms. The maximum Gasteiger partial charge on any atom is 0.315 e. The minimum atomic E-state index is -0.394. The van der Waals surface area contributed by atoms with Gasteiger partial charge in [0.1, 0.15) is 17.1 Å². The van der Waals surface area contributed by atoms with Crippen molar-refractivity contribution in [1.82, 2.24) is 25.2 Å². The summed E-state index contributed by atoms with van der Waals surface area (Å²) in [5.74, 6) is 0.107. The second kappa shape index (κ2) is 9.62. The van der Waals surface area contributed by atoms with Gasteiger partial charge in [-0.25, -0.2) is 9.50 Å². The Morgan fingerprint density at radius 2 is 1.85 bits per heavy atom. The van der Waals surface area contributed by atoms with Crippen LogP contribution < -0.4 is 15.4 Å². The molecule has 3 aromatic rings. The zero-order chi connectivity index (χ0) is 23.5. The number of nitrogens with zero attached hydrogens (tertiary/aromatic N) is 3. The smallest absolute Gasteiger partial charge is 0.315 e. The summed E-state index contributed by atoms with van der Waals surface area (Å²) in [5, 5.41) is 10.1. The number of aromatic nitrogens is 3. The molecule has 2 N–H and O–H groups in total. The minimum Gasteiger partial charge on any atom is -0.426 e. The second-order valence-electron chi connectivity index (χ2n) is 8.97. The lowest BCUT2D eigenvalue weighted by Crippen LogP contribution is -2.32. The predicted molar refractivity (Wildman–Crippen MR) is 123 cm³/mol. The highest BCUT2D eigenvalue weighted by molar-refractivity contribution is 5.98. The van der Waals surface area contributed by atoms with Gasteiger partial charge in [-0.15, -0.1) is 0 Å². The molecule has 2 aliphatic rings. The highest BCUT2D eigenvalue weighted by Crippen LogP contribution is 2.26. The first-order valence-corrected chi connectivity index (χ1v) is 11.8. The van der Waals surface area contributed by atoms with E-state index in [4.69, 9.17) is 4.74 Å². The van der Waals surface area contributed by atoms with Crippen LogP contribution in [-0.2, 0) is 17.8 Å². The van der Waals surface area contributed by atoms with Crippen molar-refractivity contribution in [3.05, 3.63) is 59.0 Å². The van der Waals surface area contributed by atoms with E-state index in [2.05, 4.69) is 20.7 Å². The maximum absolute atomic E-state index is 13.0. The largest absolute Gasteiger partial charge is 0.426 e. The lowest BCUT2D eigenvalue weighted by molar-refractivity contribution is -0.131. The number of esters is 1. The third-order valence-corrected chi connectivity index (χ3v) is 6.49. The Morgan fingerprint density at radius 3 is 2.68 bits per heavy atom. The lowest BCUT2D eigenvalue weighted by Gasteiger charge is -2.15. The molecule has 1 aliphatic heterocycles. The van der Waals surface area contributed by atoms with Crippen molar-refractivity contribution >= 4 is 23.4 Å². The number of amides is 2. The highest BCUT2D eigenvalue weighted by Gasteiger charge is 2.21. The van der Waals surface area contributed by atoms with Gasteiger partial charge in [-0.05, 0) is 36.5 Å². The molecule has 1 aliphatic carbocycles. The van der Waals surface area contributed by atoms with Crippen molar-refractivity contribution in [2.24, 2.45) is 5.92 Å². The summed E-state index contributed by atoms with van der Waals surface area (Å²) < 4.78 is 6.56. The van der Waals surface area contributed by atoms with Gasteiger partial charge in [-0.2, -0.15) is 5.10 Å². The summed E-state index contributed by atoms with van der Waals surface area (Å²) in [6, 6.07) is 8.52. The first-order valence-electron chi connectivity index (χ1n) is 11.8. The first kappa shape index (κ1) is 22.1. The fraction of sp³-hybridized carbons (Fsp3) is 0.400. The second-order valence-corrected chi connectivity index (χ2v) is 8.97. The van der Waals surface area contributed by atoms with E-state index >= 15 is 0 Å². The van der Waals surface area contributed by atoms with Crippen LogP contribution in [0.1, 0.15) is 70.6 Å². The highest BCUT2D eigenvalue weighted by atomic mass is 16.5. The van der Waals surface area contributed by atoms with E-state index in [9.17, 15) is 14.4 Å². The van der Waals surface area contributed by atoms with Gasteiger partial charge in [0, 0.05) is 30.8 Å². The SMILES string of the molecule is O=C1Cc2cc(CNC(=O)c3cc(C(=O)NCC4CCCCCC4)n4nccc4n3)ccc2O1. The number of hydrogen-bond donors (Lipinski definition) is 2. The van der Waals surface area contributed by atoms with E-state index in [1.54, 1.807) is 24.4 Å². The molecule has 9 heteroatoms. The first-order chi connectivity index (χ1) is 16.6. The van der Waals surface area contributed by atoms with Crippen molar-refractivity contribution < 1.29 is 19.1 Å². The van der Waals surface area contributed by atoms with Crippen molar-refractivity contribution in [1.29, 1.82) is 0 Å². The van der Waals surface area contributed by atoms with Crippen molar-refractivity contribution in [3.8, 4) is 5.75 Å². The third kappa shape index (κ3) is 4.78. The Bertz CT molecular complexity index is 1240. The fourth-order valence-corrected chi connectivity index (χ4v) is 4.65. The summed E-state index contributed by atoms with van der Waals surface area (Å²) in [4.78, 5) is 41.7. The summed E-state index contributed by atoms with van der Waals surface area (Å²) in [6.45, 7) is 0.881. The summed E-state index contributed by atoms with van der Waals surface area (Å²) in [5.41, 5.74) is 2.51. The van der Waals surface area contributed by atoms with Gasteiger partial charge in [0.05, 0.1) is 12.6 Å². The molecule has 1 aromatic carbocycles. The summed E-state index contributed by atoms with van der Waals surface area (Å²) >= 11 is 0. The zero-order valence-electron chi connectivity index (χ0n) is 18.9. The van der Waals surface area contributed by atoms with Gasteiger partial charge in [-0.3, -0.25) is 14.4 Å². The fourth-order valence-electron chi connectivity index (χ4n) is 4.65. The van der Waals surface area contributed by atoms with Crippen LogP contribution in [-0.4, -0.2) is 38.9 Å². The average Bonchev–Trinajstić information content (AvgIpc) is 3.37. The quantitative estimate of drug-likeness (QED) is 0.331. The molecule has 176 valence electrons. The van der Waals surface area contributed by atoms with E-state index in [1.165, 1.54) is 36.3 Å². The standard InChI is InChI=1S/C25H27N5O4/c31-23-12-18-11-17(7-8-21(18)34-23)15-26-24(32)19-13-20(30-22(29-19)9-10-28-30)25(33)27-14-16-5-3-1-2-4-6-16/h7-11,13,16H,1-6,12,14-15H2,(H,26,32)(H,27,33). The molecule has 1 fully saturated rings. The topological polar surface area (TPSA) is 115 Å². The van der Waals surface area contributed by atoms with Gasteiger partial charge in [0.15, 0.2) is 5.65 Å². The van der Waals surface area contributed by atoms with Crippen LogP contribution in [0.2, 0.25) is 0 Å². The Hall–Kier alpha value is -3.75.